The van der Waals surface area contributed by atoms with Gasteiger partial charge >= 0.3 is 0 Å². The normalized spacial score (nSPS) is 27.5. The van der Waals surface area contributed by atoms with E-state index in [2.05, 4.69) is 25.2 Å². The van der Waals surface area contributed by atoms with Crippen molar-refractivity contribution in [2.45, 2.75) is 39.0 Å². The van der Waals surface area contributed by atoms with Crippen LogP contribution in [0, 0.1) is 0 Å². The summed E-state index contributed by atoms with van der Waals surface area (Å²) in [6.45, 7) is 2.13. The minimum Gasteiger partial charge on any atom is -0.0845 e. The Balaban J connectivity index is 2.49. The van der Waals surface area contributed by atoms with E-state index in [0.29, 0.717) is 0 Å². The van der Waals surface area contributed by atoms with Crippen molar-refractivity contribution in [3.63, 3.8) is 0 Å². The standard InChI is InChI=1S/C10H16/c1-2-10-8-6-4-3-5-7-9-10/h2,6,8H,3-5,7,9H2,1H3/b8-6-,10-2?. The molecular formula is C10H16. The Morgan fingerprint density at radius 3 is 3.00 bits per heavy atom. The Kier molecular flexibility index (Phi) is 3.28. The highest BCUT2D eigenvalue weighted by atomic mass is 14.0. The van der Waals surface area contributed by atoms with E-state index in [9.17, 15) is 0 Å². The summed E-state index contributed by atoms with van der Waals surface area (Å²) >= 11 is 0. The number of rotatable bonds is 0. The van der Waals surface area contributed by atoms with Crippen molar-refractivity contribution in [1.29, 1.82) is 0 Å². The van der Waals surface area contributed by atoms with Crippen molar-refractivity contribution in [1.82, 2.24) is 0 Å². The van der Waals surface area contributed by atoms with Gasteiger partial charge in [0.25, 0.3) is 0 Å². The largest absolute Gasteiger partial charge is 0.0845 e. The Morgan fingerprint density at radius 2 is 2.20 bits per heavy atom. The summed E-state index contributed by atoms with van der Waals surface area (Å²) in [5.41, 5.74) is 1.51. The molecule has 0 heterocycles. The van der Waals surface area contributed by atoms with E-state index < -0.39 is 0 Å². The lowest BCUT2D eigenvalue weighted by Crippen LogP contribution is -1.84. The Hall–Kier alpha value is -0.520. The zero-order valence-corrected chi connectivity index (χ0v) is 6.77. The lowest BCUT2D eigenvalue weighted by molar-refractivity contribution is 0.678. The van der Waals surface area contributed by atoms with Crippen molar-refractivity contribution >= 4 is 0 Å². The highest BCUT2D eigenvalue weighted by molar-refractivity contribution is 5.18. The van der Waals surface area contributed by atoms with Gasteiger partial charge in [-0.25, -0.2) is 0 Å². The van der Waals surface area contributed by atoms with Crippen molar-refractivity contribution in [2.75, 3.05) is 0 Å². The fourth-order valence-electron chi connectivity index (χ4n) is 1.33. The molecule has 0 bridgehead atoms. The van der Waals surface area contributed by atoms with Crippen molar-refractivity contribution in [3.8, 4) is 0 Å². The van der Waals surface area contributed by atoms with Crippen LogP contribution in [-0.2, 0) is 0 Å². The average molecular weight is 136 g/mol. The third-order valence-electron chi connectivity index (χ3n) is 2.04. The first-order valence-electron chi connectivity index (χ1n) is 4.25. The molecule has 0 atom stereocenters. The van der Waals surface area contributed by atoms with Gasteiger partial charge in [0, 0.05) is 0 Å². The van der Waals surface area contributed by atoms with E-state index in [1.165, 1.54) is 37.7 Å². The molecule has 0 heteroatoms. The van der Waals surface area contributed by atoms with Crippen LogP contribution < -0.4 is 0 Å². The molecule has 1 rings (SSSR count). The summed E-state index contributed by atoms with van der Waals surface area (Å²) in [5, 5.41) is 0. The van der Waals surface area contributed by atoms with Crippen LogP contribution in [-0.4, -0.2) is 0 Å². The summed E-state index contributed by atoms with van der Waals surface area (Å²) in [6.07, 6.45) is 13.5. The molecule has 0 aliphatic heterocycles. The number of hydrogen-bond donors (Lipinski definition) is 0. The number of hydrogen-bond acceptors (Lipinski definition) is 0. The molecule has 0 fully saturated rings. The molecule has 0 spiro atoms. The molecule has 0 N–H and O–H groups in total. The molecular weight excluding hydrogens is 120 g/mol. The van der Waals surface area contributed by atoms with Gasteiger partial charge in [0.15, 0.2) is 0 Å². The van der Waals surface area contributed by atoms with Gasteiger partial charge in [0.05, 0.1) is 0 Å². The smallest absolute Gasteiger partial charge is 0.0282 e. The fourth-order valence-corrected chi connectivity index (χ4v) is 1.33. The van der Waals surface area contributed by atoms with Gasteiger partial charge < -0.3 is 0 Å². The van der Waals surface area contributed by atoms with Crippen LogP contribution in [0.5, 0.6) is 0 Å². The maximum Gasteiger partial charge on any atom is -0.0282 e. The van der Waals surface area contributed by atoms with Gasteiger partial charge in [-0.1, -0.05) is 30.2 Å². The van der Waals surface area contributed by atoms with Gasteiger partial charge in [-0.3, -0.25) is 0 Å². The van der Waals surface area contributed by atoms with Gasteiger partial charge in [-0.05, 0) is 32.6 Å². The van der Waals surface area contributed by atoms with E-state index in [4.69, 9.17) is 0 Å². The van der Waals surface area contributed by atoms with Crippen LogP contribution in [0.15, 0.2) is 23.8 Å². The van der Waals surface area contributed by atoms with Gasteiger partial charge in [0.1, 0.15) is 0 Å². The predicted molar refractivity (Wildman–Crippen MR) is 46.0 cm³/mol. The van der Waals surface area contributed by atoms with Crippen LogP contribution in [0.2, 0.25) is 0 Å². The summed E-state index contributed by atoms with van der Waals surface area (Å²) in [6, 6.07) is 0. The van der Waals surface area contributed by atoms with Crippen molar-refractivity contribution in [2.24, 2.45) is 0 Å². The molecule has 56 valence electrons. The Morgan fingerprint density at radius 1 is 1.30 bits per heavy atom. The maximum atomic E-state index is 2.30. The van der Waals surface area contributed by atoms with E-state index in [1.54, 1.807) is 0 Å². The third kappa shape index (κ3) is 2.38. The number of allylic oxidation sites excluding steroid dienone is 4. The van der Waals surface area contributed by atoms with E-state index in [0.717, 1.165) is 0 Å². The second-order valence-corrected chi connectivity index (χ2v) is 2.87. The van der Waals surface area contributed by atoms with Crippen molar-refractivity contribution in [3.05, 3.63) is 23.8 Å². The topological polar surface area (TPSA) is 0 Å². The fraction of sp³-hybridized carbons (Fsp3) is 0.600. The van der Waals surface area contributed by atoms with E-state index in [-0.39, 0.29) is 0 Å². The highest BCUT2D eigenvalue weighted by Crippen LogP contribution is 2.15. The molecule has 0 aromatic carbocycles. The highest BCUT2D eigenvalue weighted by Gasteiger charge is 1.95. The molecule has 1 aliphatic rings. The Bertz CT molecular complexity index is 140. The predicted octanol–water partition coefficient (Wildman–Crippen LogP) is 3.45. The first-order chi connectivity index (χ1) is 4.93. The van der Waals surface area contributed by atoms with E-state index >= 15 is 0 Å². The van der Waals surface area contributed by atoms with Crippen LogP contribution in [0.25, 0.3) is 0 Å². The zero-order chi connectivity index (χ0) is 7.23. The first-order valence-corrected chi connectivity index (χ1v) is 4.25. The average Bonchev–Trinajstić information content (AvgIpc) is 1.87. The molecule has 1 aliphatic carbocycles. The van der Waals surface area contributed by atoms with Crippen LogP contribution in [0.4, 0.5) is 0 Å². The maximum absolute atomic E-state index is 2.30. The molecule has 0 saturated heterocycles. The van der Waals surface area contributed by atoms with Gasteiger partial charge in [-0.15, -0.1) is 0 Å². The quantitative estimate of drug-likeness (QED) is 0.478. The second kappa shape index (κ2) is 4.32. The molecule has 0 nitrogen and oxygen atoms in total. The zero-order valence-electron chi connectivity index (χ0n) is 6.77. The molecule has 0 amide bonds. The Labute approximate surface area is 63.6 Å². The molecule has 0 aromatic heterocycles. The molecule has 0 unspecified atom stereocenters. The van der Waals surface area contributed by atoms with Crippen LogP contribution in [0.3, 0.4) is 0 Å². The lowest BCUT2D eigenvalue weighted by Gasteiger charge is -2.04. The van der Waals surface area contributed by atoms with Crippen LogP contribution >= 0.6 is 0 Å². The monoisotopic (exact) mass is 136 g/mol. The SMILES string of the molecule is CC=C1/C=C\CCCCC1. The summed E-state index contributed by atoms with van der Waals surface area (Å²) in [4.78, 5) is 0. The lowest BCUT2D eigenvalue weighted by atomic mass is 10.0. The molecule has 0 radical (unpaired) electrons. The summed E-state index contributed by atoms with van der Waals surface area (Å²) in [5.74, 6) is 0. The second-order valence-electron chi connectivity index (χ2n) is 2.87. The molecule has 10 heavy (non-hydrogen) atoms. The minimum atomic E-state index is 1.28. The van der Waals surface area contributed by atoms with Crippen LogP contribution in [0.1, 0.15) is 39.0 Å². The summed E-state index contributed by atoms with van der Waals surface area (Å²) in [7, 11) is 0. The molecule has 0 aromatic rings. The van der Waals surface area contributed by atoms with Crippen molar-refractivity contribution < 1.29 is 0 Å². The third-order valence-corrected chi connectivity index (χ3v) is 2.04. The minimum absolute atomic E-state index is 1.28. The van der Waals surface area contributed by atoms with E-state index in [1.807, 2.05) is 0 Å². The molecule has 0 saturated carbocycles. The first kappa shape index (κ1) is 7.59. The summed E-state index contributed by atoms with van der Waals surface area (Å²) < 4.78 is 0. The van der Waals surface area contributed by atoms with Gasteiger partial charge in [-0.2, -0.15) is 0 Å². The van der Waals surface area contributed by atoms with Gasteiger partial charge in [0.2, 0.25) is 0 Å².